The van der Waals surface area contributed by atoms with Crippen LogP contribution in [0.1, 0.15) is 16.2 Å². The van der Waals surface area contributed by atoms with Crippen LogP contribution in [0.25, 0.3) is 11.0 Å². The van der Waals surface area contributed by atoms with Gasteiger partial charge in [0.1, 0.15) is 5.69 Å². The molecule has 0 saturated carbocycles. The highest BCUT2D eigenvalue weighted by molar-refractivity contribution is 5.96. The number of hydrogen-bond donors (Lipinski definition) is 2. The molecule has 0 aromatic carbocycles. The van der Waals surface area contributed by atoms with Crippen LogP contribution in [0.15, 0.2) is 48.8 Å². The van der Waals surface area contributed by atoms with E-state index in [0.29, 0.717) is 12.2 Å². The third-order valence-electron chi connectivity index (χ3n) is 2.79. The van der Waals surface area contributed by atoms with E-state index in [-0.39, 0.29) is 5.91 Å². The normalized spacial score (nSPS) is 10.5. The average molecular weight is 252 g/mol. The predicted molar refractivity (Wildman–Crippen MR) is 71.5 cm³/mol. The number of fused-ring (bicyclic) bond motifs is 1. The van der Waals surface area contributed by atoms with E-state index in [1.165, 1.54) is 0 Å². The van der Waals surface area contributed by atoms with E-state index in [1.54, 1.807) is 18.5 Å². The summed E-state index contributed by atoms with van der Waals surface area (Å²) in [5.74, 6) is -0.163. The van der Waals surface area contributed by atoms with Gasteiger partial charge in [-0.15, -0.1) is 0 Å². The highest BCUT2D eigenvalue weighted by Gasteiger charge is 2.09. The number of hydrogen-bond acceptors (Lipinski definition) is 3. The Kier molecular flexibility index (Phi) is 2.94. The molecule has 3 rings (SSSR count). The molecule has 0 spiro atoms. The minimum absolute atomic E-state index is 0.163. The first-order chi connectivity index (χ1) is 9.33. The van der Waals surface area contributed by atoms with Crippen molar-refractivity contribution in [2.45, 2.75) is 6.54 Å². The van der Waals surface area contributed by atoms with E-state index in [4.69, 9.17) is 0 Å². The molecule has 2 N–H and O–H groups in total. The van der Waals surface area contributed by atoms with Gasteiger partial charge in [0.25, 0.3) is 5.91 Å². The van der Waals surface area contributed by atoms with Gasteiger partial charge in [-0.1, -0.05) is 6.07 Å². The number of aromatic amines is 1. The zero-order chi connectivity index (χ0) is 13.1. The van der Waals surface area contributed by atoms with Crippen molar-refractivity contribution in [2.75, 3.05) is 0 Å². The van der Waals surface area contributed by atoms with E-state index in [0.717, 1.165) is 16.7 Å². The summed E-state index contributed by atoms with van der Waals surface area (Å²) in [4.78, 5) is 23.4. The van der Waals surface area contributed by atoms with Gasteiger partial charge in [0.05, 0.1) is 23.3 Å². The van der Waals surface area contributed by atoms with Crippen molar-refractivity contribution in [1.29, 1.82) is 0 Å². The maximum absolute atomic E-state index is 12.0. The summed E-state index contributed by atoms with van der Waals surface area (Å²) in [7, 11) is 0. The molecular weight excluding hydrogens is 240 g/mol. The van der Waals surface area contributed by atoms with Crippen molar-refractivity contribution in [3.8, 4) is 0 Å². The molecule has 0 aliphatic heterocycles. The number of nitrogens with zero attached hydrogens (tertiary/aromatic N) is 2. The lowest BCUT2D eigenvalue weighted by Crippen LogP contribution is -2.23. The topological polar surface area (TPSA) is 70.7 Å². The number of nitrogens with one attached hydrogen (secondary N) is 2. The smallest absolute Gasteiger partial charge is 0.268 e. The van der Waals surface area contributed by atoms with Gasteiger partial charge in [-0.05, 0) is 30.3 Å². The molecule has 0 aliphatic carbocycles. The molecule has 3 aromatic heterocycles. The largest absolute Gasteiger partial charge is 0.349 e. The molecule has 0 bridgehead atoms. The van der Waals surface area contributed by atoms with Crippen LogP contribution in [0.2, 0.25) is 0 Å². The molecule has 0 fully saturated rings. The van der Waals surface area contributed by atoms with Gasteiger partial charge < -0.3 is 10.3 Å². The zero-order valence-corrected chi connectivity index (χ0v) is 10.1. The highest BCUT2D eigenvalue weighted by Crippen LogP contribution is 2.11. The lowest BCUT2D eigenvalue weighted by atomic mass is 10.3. The quantitative estimate of drug-likeness (QED) is 0.747. The van der Waals surface area contributed by atoms with E-state index in [1.807, 2.05) is 30.3 Å². The second-order valence-corrected chi connectivity index (χ2v) is 4.12. The van der Waals surface area contributed by atoms with Crippen LogP contribution in [0, 0.1) is 0 Å². The van der Waals surface area contributed by atoms with Crippen LogP contribution in [0.5, 0.6) is 0 Å². The van der Waals surface area contributed by atoms with Gasteiger partial charge >= 0.3 is 0 Å². The first-order valence-corrected chi connectivity index (χ1v) is 5.95. The Morgan fingerprint density at radius 2 is 2.05 bits per heavy atom. The van der Waals surface area contributed by atoms with Crippen LogP contribution < -0.4 is 5.32 Å². The third-order valence-corrected chi connectivity index (χ3v) is 2.79. The molecular formula is C14H12N4O. The van der Waals surface area contributed by atoms with Crippen molar-refractivity contribution >= 4 is 16.9 Å². The average Bonchev–Trinajstić information content (AvgIpc) is 2.90. The Hall–Kier alpha value is -2.69. The van der Waals surface area contributed by atoms with Crippen LogP contribution in [-0.2, 0) is 6.54 Å². The summed E-state index contributed by atoms with van der Waals surface area (Å²) >= 11 is 0. The lowest BCUT2D eigenvalue weighted by molar-refractivity contribution is 0.0946. The number of aromatic nitrogens is 3. The fourth-order valence-electron chi connectivity index (χ4n) is 1.85. The minimum atomic E-state index is -0.163. The number of pyridine rings is 2. The van der Waals surface area contributed by atoms with Crippen molar-refractivity contribution in [3.63, 3.8) is 0 Å². The first kappa shape index (κ1) is 11.4. The standard InChI is InChI=1S/C14H12N4O/c19-14(17-9-10-4-1-2-6-15-10)13-8-12-11(18-13)5-3-7-16-12/h1-8,18H,9H2,(H,17,19). The molecule has 1 amide bonds. The Bertz CT molecular complexity index is 673. The maximum atomic E-state index is 12.0. The Labute approximate surface area is 109 Å². The van der Waals surface area contributed by atoms with Crippen molar-refractivity contribution in [1.82, 2.24) is 20.3 Å². The summed E-state index contributed by atoms with van der Waals surface area (Å²) in [6, 6.07) is 11.1. The second kappa shape index (κ2) is 4.89. The molecule has 3 aromatic rings. The molecule has 0 aliphatic rings. The summed E-state index contributed by atoms with van der Waals surface area (Å²) in [5, 5.41) is 2.82. The van der Waals surface area contributed by atoms with Crippen LogP contribution in [-0.4, -0.2) is 20.9 Å². The van der Waals surface area contributed by atoms with Crippen molar-refractivity contribution in [3.05, 3.63) is 60.2 Å². The third kappa shape index (κ3) is 2.44. The molecule has 3 heterocycles. The van der Waals surface area contributed by atoms with E-state index < -0.39 is 0 Å². The Balaban J connectivity index is 1.73. The number of H-pyrrole nitrogens is 1. The van der Waals surface area contributed by atoms with Crippen LogP contribution in [0.4, 0.5) is 0 Å². The molecule has 19 heavy (non-hydrogen) atoms. The summed E-state index contributed by atoms with van der Waals surface area (Å²) in [5.41, 5.74) is 2.96. The van der Waals surface area contributed by atoms with Crippen molar-refractivity contribution in [2.24, 2.45) is 0 Å². The zero-order valence-electron chi connectivity index (χ0n) is 10.1. The summed E-state index contributed by atoms with van der Waals surface area (Å²) in [6.07, 6.45) is 3.40. The highest BCUT2D eigenvalue weighted by atomic mass is 16.1. The van der Waals surface area contributed by atoms with Gasteiger partial charge in [0.2, 0.25) is 0 Å². The number of rotatable bonds is 3. The van der Waals surface area contributed by atoms with E-state index in [2.05, 4.69) is 20.3 Å². The Morgan fingerprint density at radius 1 is 1.16 bits per heavy atom. The van der Waals surface area contributed by atoms with Gasteiger partial charge in [-0.25, -0.2) is 0 Å². The summed E-state index contributed by atoms with van der Waals surface area (Å²) in [6.45, 7) is 0.405. The van der Waals surface area contributed by atoms with Crippen LogP contribution >= 0.6 is 0 Å². The number of carbonyl (C=O) groups excluding carboxylic acids is 1. The van der Waals surface area contributed by atoms with E-state index in [9.17, 15) is 4.79 Å². The molecule has 5 nitrogen and oxygen atoms in total. The molecule has 0 atom stereocenters. The SMILES string of the molecule is O=C(NCc1ccccn1)c1cc2ncccc2[nH]1. The van der Waals surface area contributed by atoms with Crippen LogP contribution in [0.3, 0.4) is 0 Å². The molecule has 94 valence electrons. The first-order valence-electron chi connectivity index (χ1n) is 5.95. The molecule has 0 unspecified atom stereocenters. The lowest BCUT2D eigenvalue weighted by Gasteiger charge is -2.02. The maximum Gasteiger partial charge on any atom is 0.268 e. The van der Waals surface area contributed by atoms with E-state index >= 15 is 0 Å². The summed E-state index contributed by atoms with van der Waals surface area (Å²) < 4.78 is 0. The predicted octanol–water partition coefficient (Wildman–Crippen LogP) is 1.89. The van der Waals surface area contributed by atoms with Gasteiger partial charge in [-0.2, -0.15) is 0 Å². The second-order valence-electron chi connectivity index (χ2n) is 4.12. The molecule has 5 heteroatoms. The van der Waals surface area contributed by atoms with Gasteiger partial charge in [0.15, 0.2) is 0 Å². The monoisotopic (exact) mass is 252 g/mol. The number of amides is 1. The van der Waals surface area contributed by atoms with Crippen molar-refractivity contribution < 1.29 is 4.79 Å². The fraction of sp³-hybridized carbons (Fsp3) is 0.0714. The molecule has 0 radical (unpaired) electrons. The molecule has 0 saturated heterocycles. The number of carbonyl (C=O) groups is 1. The minimum Gasteiger partial charge on any atom is -0.349 e. The Morgan fingerprint density at radius 3 is 2.84 bits per heavy atom. The van der Waals surface area contributed by atoms with Gasteiger partial charge in [0, 0.05) is 12.4 Å². The fourth-order valence-corrected chi connectivity index (χ4v) is 1.85. The van der Waals surface area contributed by atoms with Gasteiger partial charge in [-0.3, -0.25) is 14.8 Å².